The second-order valence-corrected chi connectivity index (χ2v) is 8.60. The van der Waals surface area contributed by atoms with Crippen molar-refractivity contribution in [1.29, 1.82) is 0 Å². The molecule has 0 bridgehead atoms. The number of halogens is 1. The molecule has 0 fully saturated rings. The molecule has 2 aromatic heterocycles. The number of carbonyl (C=O) groups is 1. The average molecular weight is 418 g/mol. The third-order valence-electron chi connectivity index (χ3n) is 5.03. The maximum absolute atomic E-state index is 13.0. The Hall–Kier alpha value is -2.38. The average Bonchev–Trinajstić information content (AvgIpc) is 3.02. The second kappa shape index (κ2) is 7.56. The highest BCUT2D eigenvalue weighted by Crippen LogP contribution is 2.35. The number of nitrogens with zero attached hydrogens (tertiary/aromatic N) is 2. The first-order valence-corrected chi connectivity index (χ1v) is 10.3. The molecule has 4 rings (SSSR count). The molecule has 1 aromatic carbocycles. The van der Waals surface area contributed by atoms with Gasteiger partial charge in [0.1, 0.15) is 17.1 Å². The molecule has 0 spiro atoms. The van der Waals surface area contributed by atoms with Crippen molar-refractivity contribution in [3.05, 3.63) is 50.3 Å². The Morgan fingerprint density at radius 3 is 3.04 bits per heavy atom. The quantitative estimate of drug-likeness (QED) is 0.699. The van der Waals surface area contributed by atoms with E-state index in [1.807, 2.05) is 0 Å². The highest BCUT2D eigenvalue weighted by Gasteiger charge is 2.23. The van der Waals surface area contributed by atoms with Gasteiger partial charge in [-0.25, -0.2) is 4.98 Å². The Morgan fingerprint density at radius 1 is 1.46 bits per heavy atom. The van der Waals surface area contributed by atoms with Gasteiger partial charge in [-0.05, 0) is 48.9 Å². The van der Waals surface area contributed by atoms with E-state index in [0.717, 1.165) is 29.7 Å². The van der Waals surface area contributed by atoms with E-state index >= 15 is 0 Å². The summed E-state index contributed by atoms with van der Waals surface area (Å²) in [6.45, 7) is 2.13. The fourth-order valence-corrected chi connectivity index (χ4v) is 5.18. The highest BCUT2D eigenvalue weighted by atomic mass is 35.5. The molecule has 0 saturated carbocycles. The van der Waals surface area contributed by atoms with Gasteiger partial charge in [0, 0.05) is 10.6 Å². The fourth-order valence-electron chi connectivity index (χ4n) is 3.58. The Balaban J connectivity index is 1.58. The van der Waals surface area contributed by atoms with Gasteiger partial charge in [0.25, 0.3) is 5.56 Å². The molecular weight excluding hydrogens is 398 g/mol. The van der Waals surface area contributed by atoms with Crippen LogP contribution in [0.1, 0.15) is 23.8 Å². The van der Waals surface area contributed by atoms with E-state index in [4.69, 9.17) is 16.3 Å². The zero-order valence-electron chi connectivity index (χ0n) is 15.6. The van der Waals surface area contributed by atoms with Gasteiger partial charge in [0.2, 0.25) is 5.91 Å². The fraction of sp³-hybridized carbons (Fsp3) is 0.350. The van der Waals surface area contributed by atoms with Crippen molar-refractivity contribution in [2.24, 2.45) is 5.92 Å². The Kier molecular flexibility index (Phi) is 5.12. The van der Waals surface area contributed by atoms with Crippen LogP contribution in [0.5, 0.6) is 5.75 Å². The number of aryl methyl sites for hydroxylation is 1. The molecule has 1 atom stereocenters. The summed E-state index contributed by atoms with van der Waals surface area (Å²) in [7, 11) is 1.53. The summed E-state index contributed by atoms with van der Waals surface area (Å²) >= 11 is 7.69. The molecule has 3 aromatic rings. The lowest BCUT2D eigenvalue weighted by Gasteiger charge is -2.17. The number of fused-ring (bicyclic) bond motifs is 3. The molecule has 28 heavy (non-hydrogen) atoms. The van der Waals surface area contributed by atoms with Gasteiger partial charge in [-0.3, -0.25) is 14.2 Å². The summed E-state index contributed by atoms with van der Waals surface area (Å²) in [5.41, 5.74) is 1.51. The summed E-state index contributed by atoms with van der Waals surface area (Å²) in [5.74, 6) is 0.842. The predicted molar refractivity (Wildman–Crippen MR) is 112 cm³/mol. The second-order valence-electron chi connectivity index (χ2n) is 7.11. The van der Waals surface area contributed by atoms with Crippen LogP contribution < -0.4 is 15.6 Å². The van der Waals surface area contributed by atoms with E-state index in [1.165, 1.54) is 22.9 Å². The SMILES string of the molecule is COc1ccc(NC(=O)Cn2cnc3sc4c(c3c2=O)CC[C@@H](C)C4)cc1Cl. The van der Waals surface area contributed by atoms with Crippen molar-refractivity contribution in [3.63, 3.8) is 0 Å². The standard InChI is InChI=1S/C20H20ClN3O3S/c1-11-3-5-13-16(7-11)28-19-18(13)20(26)24(10-22-19)9-17(25)23-12-4-6-15(27-2)14(21)8-12/h4,6,8,10-11H,3,5,7,9H2,1-2H3,(H,23,25)/t11-/m1/s1. The molecule has 1 amide bonds. The minimum absolute atomic E-state index is 0.105. The molecule has 8 heteroatoms. The Labute approximate surface area is 171 Å². The number of amides is 1. The van der Waals surface area contributed by atoms with Crippen molar-refractivity contribution in [2.75, 3.05) is 12.4 Å². The van der Waals surface area contributed by atoms with Crippen LogP contribution in [0.25, 0.3) is 10.2 Å². The van der Waals surface area contributed by atoms with E-state index in [0.29, 0.717) is 27.8 Å². The number of thiophene rings is 1. The van der Waals surface area contributed by atoms with Gasteiger partial charge in [-0.15, -0.1) is 11.3 Å². The molecule has 146 valence electrons. The van der Waals surface area contributed by atoms with E-state index < -0.39 is 0 Å². The first kappa shape index (κ1) is 19.0. The first-order valence-electron chi connectivity index (χ1n) is 9.09. The molecule has 1 aliphatic rings. The molecule has 1 N–H and O–H groups in total. The van der Waals surface area contributed by atoms with Gasteiger partial charge in [0.15, 0.2) is 0 Å². The van der Waals surface area contributed by atoms with Crippen molar-refractivity contribution < 1.29 is 9.53 Å². The smallest absolute Gasteiger partial charge is 0.262 e. The van der Waals surface area contributed by atoms with Gasteiger partial charge in [-0.2, -0.15) is 0 Å². The summed E-state index contributed by atoms with van der Waals surface area (Å²) < 4.78 is 6.47. The van der Waals surface area contributed by atoms with Gasteiger partial charge in [-0.1, -0.05) is 18.5 Å². The van der Waals surface area contributed by atoms with Gasteiger partial charge < -0.3 is 10.1 Å². The third kappa shape index (κ3) is 3.52. The number of rotatable bonds is 4. The maximum Gasteiger partial charge on any atom is 0.262 e. The zero-order valence-corrected chi connectivity index (χ0v) is 17.2. The van der Waals surface area contributed by atoms with Crippen molar-refractivity contribution in [2.45, 2.75) is 32.7 Å². The Morgan fingerprint density at radius 2 is 2.29 bits per heavy atom. The summed E-state index contributed by atoms with van der Waals surface area (Å²) in [5, 5.41) is 3.83. The normalized spacial score (nSPS) is 16.0. The predicted octanol–water partition coefficient (Wildman–Crippen LogP) is 3.88. The largest absolute Gasteiger partial charge is 0.495 e. The zero-order chi connectivity index (χ0) is 19.8. The monoisotopic (exact) mass is 417 g/mol. The highest BCUT2D eigenvalue weighted by molar-refractivity contribution is 7.18. The summed E-state index contributed by atoms with van der Waals surface area (Å²) in [4.78, 5) is 31.9. The minimum Gasteiger partial charge on any atom is -0.495 e. The van der Waals surface area contributed by atoms with Crippen LogP contribution >= 0.6 is 22.9 Å². The van der Waals surface area contributed by atoms with Crippen molar-refractivity contribution >= 4 is 44.7 Å². The van der Waals surface area contributed by atoms with Crippen LogP contribution in [0.2, 0.25) is 5.02 Å². The van der Waals surface area contributed by atoms with Gasteiger partial charge >= 0.3 is 0 Å². The lowest BCUT2D eigenvalue weighted by atomic mass is 9.89. The number of aromatic nitrogens is 2. The number of carbonyl (C=O) groups excluding carboxylic acids is 1. The van der Waals surface area contributed by atoms with E-state index in [9.17, 15) is 9.59 Å². The summed E-state index contributed by atoms with van der Waals surface area (Å²) in [6, 6.07) is 4.98. The topological polar surface area (TPSA) is 73.2 Å². The molecule has 6 nitrogen and oxygen atoms in total. The lowest BCUT2D eigenvalue weighted by Crippen LogP contribution is -2.28. The molecule has 1 aliphatic carbocycles. The van der Waals surface area contributed by atoms with Crippen LogP contribution in [0.15, 0.2) is 29.3 Å². The van der Waals surface area contributed by atoms with Crippen LogP contribution in [-0.2, 0) is 24.2 Å². The van der Waals surface area contributed by atoms with Crippen LogP contribution in [0.4, 0.5) is 5.69 Å². The van der Waals surface area contributed by atoms with E-state index in [2.05, 4.69) is 17.2 Å². The van der Waals surface area contributed by atoms with Gasteiger partial charge in [0.05, 0.1) is 23.8 Å². The number of nitrogens with one attached hydrogen (secondary N) is 1. The molecular formula is C20H20ClN3O3S. The number of ether oxygens (including phenoxy) is 1. The Bertz CT molecular complexity index is 1120. The minimum atomic E-state index is -0.317. The van der Waals surface area contributed by atoms with Crippen molar-refractivity contribution in [3.8, 4) is 5.75 Å². The van der Waals surface area contributed by atoms with E-state index in [-0.39, 0.29) is 18.0 Å². The van der Waals surface area contributed by atoms with Crippen LogP contribution in [0, 0.1) is 5.92 Å². The maximum atomic E-state index is 13.0. The van der Waals surface area contributed by atoms with Crippen LogP contribution in [-0.4, -0.2) is 22.6 Å². The molecule has 0 aliphatic heterocycles. The third-order valence-corrected chi connectivity index (χ3v) is 6.49. The molecule has 0 saturated heterocycles. The number of benzene rings is 1. The molecule has 0 radical (unpaired) electrons. The number of methoxy groups -OCH3 is 1. The van der Waals surface area contributed by atoms with E-state index in [1.54, 1.807) is 29.5 Å². The number of hydrogen-bond acceptors (Lipinski definition) is 5. The molecule has 0 unspecified atom stereocenters. The number of hydrogen-bond donors (Lipinski definition) is 1. The molecule has 2 heterocycles. The lowest BCUT2D eigenvalue weighted by molar-refractivity contribution is -0.116. The first-order chi connectivity index (χ1) is 13.5. The van der Waals surface area contributed by atoms with Crippen molar-refractivity contribution in [1.82, 2.24) is 9.55 Å². The number of anilines is 1. The van der Waals surface area contributed by atoms with Crippen LogP contribution in [0.3, 0.4) is 0 Å². The summed E-state index contributed by atoms with van der Waals surface area (Å²) in [6.07, 6.45) is 4.42.